The number of pyridine rings is 1. The molecule has 18 heavy (non-hydrogen) atoms. The van der Waals surface area contributed by atoms with Gasteiger partial charge in [-0.3, -0.25) is 0 Å². The Morgan fingerprint density at radius 3 is 2.78 bits per heavy atom. The van der Waals surface area contributed by atoms with Crippen molar-refractivity contribution in [2.45, 2.75) is 20.0 Å². The van der Waals surface area contributed by atoms with Crippen molar-refractivity contribution < 1.29 is 14.9 Å². The van der Waals surface area contributed by atoms with Gasteiger partial charge in [0.25, 0.3) is 0 Å². The van der Waals surface area contributed by atoms with Crippen molar-refractivity contribution in [2.75, 3.05) is 30.8 Å². The minimum atomic E-state index is -0.815. The van der Waals surface area contributed by atoms with Crippen molar-refractivity contribution >= 4 is 11.5 Å². The molecule has 102 valence electrons. The highest BCUT2D eigenvalue weighted by Gasteiger charge is 2.07. The zero-order valence-corrected chi connectivity index (χ0v) is 10.8. The number of nitrogens with one attached hydrogen (secondary N) is 1. The number of hydrogen-bond donors (Lipinski definition) is 4. The molecule has 6 nitrogen and oxygen atoms in total. The van der Waals surface area contributed by atoms with Crippen LogP contribution in [0, 0.1) is 5.92 Å². The summed E-state index contributed by atoms with van der Waals surface area (Å²) in [6, 6.07) is 3.39. The molecule has 1 atom stereocenters. The number of aromatic nitrogens is 1. The molecule has 1 aromatic rings. The SMILES string of the molecule is CC(C)COc1nc(NCC(O)CO)ccc1N. The molecule has 5 N–H and O–H groups in total. The molecule has 0 aliphatic rings. The zero-order valence-electron chi connectivity index (χ0n) is 10.8. The first kappa shape index (κ1) is 14.5. The Balaban J connectivity index is 2.62. The van der Waals surface area contributed by atoms with Crippen LogP contribution in [0.25, 0.3) is 0 Å². The molecule has 1 unspecified atom stereocenters. The maximum absolute atomic E-state index is 9.22. The van der Waals surface area contributed by atoms with E-state index in [0.717, 1.165) is 0 Å². The van der Waals surface area contributed by atoms with Crippen LogP contribution in [0.4, 0.5) is 11.5 Å². The van der Waals surface area contributed by atoms with E-state index in [1.165, 1.54) is 0 Å². The third-order valence-corrected chi connectivity index (χ3v) is 2.17. The molecule has 0 fully saturated rings. The van der Waals surface area contributed by atoms with Gasteiger partial charge in [-0.2, -0.15) is 4.98 Å². The molecule has 1 rings (SSSR count). The van der Waals surface area contributed by atoms with Gasteiger partial charge >= 0.3 is 0 Å². The number of anilines is 2. The average molecular weight is 255 g/mol. The lowest BCUT2D eigenvalue weighted by atomic mass is 10.2. The van der Waals surface area contributed by atoms with Crippen LogP contribution in [0.15, 0.2) is 12.1 Å². The van der Waals surface area contributed by atoms with E-state index in [2.05, 4.69) is 10.3 Å². The molecule has 0 radical (unpaired) electrons. The Bertz CT molecular complexity index is 372. The summed E-state index contributed by atoms with van der Waals surface area (Å²) in [6.45, 7) is 4.54. The van der Waals surface area contributed by atoms with Crippen LogP contribution in [-0.4, -0.2) is 41.1 Å². The maximum atomic E-state index is 9.22. The Morgan fingerprint density at radius 2 is 2.17 bits per heavy atom. The Morgan fingerprint density at radius 1 is 1.44 bits per heavy atom. The number of ether oxygens (including phenoxy) is 1. The van der Waals surface area contributed by atoms with E-state index in [9.17, 15) is 5.11 Å². The van der Waals surface area contributed by atoms with Gasteiger partial charge in [0.2, 0.25) is 5.88 Å². The molecule has 0 aliphatic heterocycles. The smallest absolute Gasteiger partial charge is 0.239 e. The molecule has 1 aromatic heterocycles. The van der Waals surface area contributed by atoms with E-state index in [1.54, 1.807) is 12.1 Å². The maximum Gasteiger partial charge on any atom is 0.239 e. The van der Waals surface area contributed by atoms with Crippen LogP contribution < -0.4 is 15.8 Å². The minimum Gasteiger partial charge on any atom is -0.476 e. The lowest BCUT2D eigenvalue weighted by Crippen LogP contribution is -2.23. The van der Waals surface area contributed by atoms with Crippen LogP contribution >= 0.6 is 0 Å². The molecule has 0 amide bonds. The summed E-state index contributed by atoms with van der Waals surface area (Å²) in [5.74, 6) is 1.32. The van der Waals surface area contributed by atoms with E-state index in [0.29, 0.717) is 29.9 Å². The van der Waals surface area contributed by atoms with Crippen LogP contribution in [0.5, 0.6) is 5.88 Å². The third-order valence-electron chi connectivity index (χ3n) is 2.17. The second-order valence-electron chi connectivity index (χ2n) is 4.51. The number of aliphatic hydroxyl groups is 2. The topological polar surface area (TPSA) is 101 Å². The molecular formula is C12H21N3O3. The van der Waals surface area contributed by atoms with Gasteiger partial charge in [0.15, 0.2) is 0 Å². The molecule has 1 heterocycles. The van der Waals surface area contributed by atoms with Crippen molar-refractivity contribution in [1.29, 1.82) is 0 Å². The number of rotatable bonds is 7. The summed E-state index contributed by atoms with van der Waals surface area (Å²) >= 11 is 0. The van der Waals surface area contributed by atoms with Crippen molar-refractivity contribution in [1.82, 2.24) is 4.98 Å². The first-order chi connectivity index (χ1) is 8.52. The second-order valence-corrected chi connectivity index (χ2v) is 4.51. The fourth-order valence-corrected chi connectivity index (χ4v) is 1.20. The van der Waals surface area contributed by atoms with Gasteiger partial charge in [-0.05, 0) is 18.1 Å². The summed E-state index contributed by atoms with van der Waals surface area (Å²) in [7, 11) is 0. The van der Waals surface area contributed by atoms with Crippen molar-refractivity contribution in [3.05, 3.63) is 12.1 Å². The predicted octanol–water partition coefficient (Wildman–Crippen LogP) is 0.464. The number of nitrogens with two attached hydrogens (primary N) is 1. The van der Waals surface area contributed by atoms with Crippen LogP contribution in [0.3, 0.4) is 0 Å². The number of nitrogen functional groups attached to an aromatic ring is 1. The number of hydrogen-bond acceptors (Lipinski definition) is 6. The molecule has 0 saturated carbocycles. The fraction of sp³-hybridized carbons (Fsp3) is 0.583. The first-order valence-electron chi connectivity index (χ1n) is 5.95. The first-order valence-corrected chi connectivity index (χ1v) is 5.95. The van der Waals surface area contributed by atoms with E-state index >= 15 is 0 Å². The molecule has 6 heteroatoms. The second kappa shape index (κ2) is 7.03. The largest absolute Gasteiger partial charge is 0.476 e. The van der Waals surface area contributed by atoms with E-state index in [1.807, 2.05) is 13.8 Å². The van der Waals surface area contributed by atoms with Gasteiger partial charge in [0.05, 0.1) is 25.0 Å². The third kappa shape index (κ3) is 4.77. The standard InChI is InChI=1S/C12H21N3O3/c1-8(2)7-18-12-10(13)3-4-11(15-12)14-5-9(17)6-16/h3-4,8-9,16-17H,5-7,13H2,1-2H3,(H,14,15). The molecular weight excluding hydrogens is 234 g/mol. The lowest BCUT2D eigenvalue weighted by molar-refractivity contribution is 0.105. The summed E-state index contributed by atoms with van der Waals surface area (Å²) in [5.41, 5.74) is 6.23. The van der Waals surface area contributed by atoms with Crippen molar-refractivity contribution in [3.8, 4) is 5.88 Å². The predicted molar refractivity (Wildman–Crippen MR) is 70.6 cm³/mol. The van der Waals surface area contributed by atoms with E-state index in [-0.39, 0.29) is 13.2 Å². The minimum absolute atomic E-state index is 0.219. The Kier molecular flexibility index (Phi) is 5.67. The normalized spacial score (nSPS) is 12.5. The van der Waals surface area contributed by atoms with Crippen molar-refractivity contribution in [3.63, 3.8) is 0 Å². The lowest BCUT2D eigenvalue weighted by Gasteiger charge is -2.13. The highest BCUT2D eigenvalue weighted by molar-refractivity contribution is 5.53. The van der Waals surface area contributed by atoms with E-state index in [4.69, 9.17) is 15.6 Å². The monoisotopic (exact) mass is 255 g/mol. The quantitative estimate of drug-likeness (QED) is 0.565. The highest BCUT2D eigenvalue weighted by Crippen LogP contribution is 2.21. The zero-order chi connectivity index (χ0) is 13.5. The summed E-state index contributed by atoms with van der Waals surface area (Å²) in [5, 5.41) is 20.8. The Labute approximate surface area is 107 Å². The van der Waals surface area contributed by atoms with Crippen molar-refractivity contribution in [2.24, 2.45) is 5.92 Å². The average Bonchev–Trinajstić information content (AvgIpc) is 2.35. The highest BCUT2D eigenvalue weighted by atomic mass is 16.5. The van der Waals surface area contributed by atoms with E-state index < -0.39 is 6.10 Å². The molecule has 0 spiro atoms. The van der Waals surface area contributed by atoms with Crippen LogP contribution in [-0.2, 0) is 0 Å². The molecule has 0 bridgehead atoms. The Hall–Kier alpha value is -1.53. The summed E-state index contributed by atoms with van der Waals surface area (Å²) < 4.78 is 5.48. The molecule has 0 aromatic carbocycles. The van der Waals surface area contributed by atoms with Crippen LogP contribution in [0.2, 0.25) is 0 Å². The number of nitrogens with zero attached hydrogens (tertiary/aromatic N) is 1. The van der Waals surface area contributed by atoms with Gasteiger partial charge in [-0.1, -0.05) is 13.8 Å². The van der Waals surface area contributed by atoms with Gasteiger partial charge in [0.1, 0.15) is 5.82 Å². The summed E-state index contributed by atoms with van der Waals surface area (Å²) in [6.07, 6.45) is -0.815. The van der Waals surface area contributed by atoms with Gasteiger partial charge < -0.3 is 26.0 Å². The molecule has 0 aliphatic carbocycles. The van der Waals surface area contributed by atoms with Gasteiger partial charge in [-0.15, -0.1) is 0 Å². The van der Waals surface area contributed by atoms with Gasteiger partial charge in [0, 0.05) is 6.54 Å². The van der Waals surface area contributed by atoms with Gasteiger partial charge in [-0.25, -0.2) is 0 Å². The molecule has 0 saturated heterocycles. The summed E-state index contributed by atoms with van der Waals surface area (Å²) in [4.78, 5) is 4.20. The fourth-order valence-electron chi connectivity index (χ4n) is 1.20. The van der Waals surface area contributed by atoms with Crippen LogP contribution in [0.1, 0.15) is 13.8 Å². The number of aliphatic hydroxyl groups excluding tert-OH is 2.